The van der Waals surface area contributed by atoms with E-state index in [0.29, 0.717) is 0 Å². The molecule has 0 amide bonds. The Hall–Kier alpha value is -1.38. The first-order valence-corrected chi connectivity index (χ1v) is 7.98. The highest BCUT2D eigenvalue weighted by Crippen LogP contribution is 2.20. The molecule has 0 aliphatic carbocycles. The van der Waals surface area contributed by atoms with Crippen LogP contribution in [0.5, 0.6) is 0 Å². The number of rotatable bonds is 11. The Morgan fingerprint density at radius 2 is 1.45 bits per heavy atom. The Morgan fingerprint density at radius 1 is 0.900 bits per heavy atom. The Balaban J connectivity index is 2.11. The third-order valence-electron chi connectivity index (χ3n) is 3.74. The second-order valence-electron chi connectivity index (χ2n) is 5.46. The van der Waals surface area contributed by atoms with Crippen LogP contribution in [0.3, 0.4) is 0 Å². The van der Waals surface area contributed by atoms with Crippen LogP contribution in [-0.2, 0) is 6.42 Å². The summed E-state index contributed by atoms with van der Waals surface area (Å²) in [5, 5.41) is 10.9. The molecule has 0 atom stereocenters. The standard InChI is InChI=1S/C17H27NO2/c1-2-3-4-5-6-7-8-9-10-13-16-14-11-12-15-17(16)18(19)20/h11-12,14-15H,2-10,13H2,1H3. The van der Waals surface area contributed by atoms with Crippen molar-refractivity contribution in [1.82, 2.24) is 0 Å². The molecule has 1 aromatic carbocycles. The smallest absolute Gasteiger partial charge is 0.258 e. The Morgan fingerprint density at radius 3 is 2.05 bits per heavy atom. The van der Waals surface area contributed by atoms with Gasteiger partial charge in [-0.15, -0.1) is 0 Å². The lowest BCUT2D eigenvalue weighted by Crippen LogP contribution is -1.95. The van der Waals surface area contributed by atoms with E-state index in [-0.39, 0.29) is 10.6 Å². The van der Waals surface area contributed by atoms with Crippen molar-refractivity contribution in [2.75, 3.05) is 0 Å². The fourth-order valence-electron chi connectivity index (χ4n) is 2.53. The zero-order chi connectivity index (χ0) is 14.6. The first-order chi connectivity index (χ1) is 9.75. The van der Waals surface area contributed by atoms with Crippen molar-refractivity contribution in [1.29, 1.82) is 0 Å². The highest BCUT2D eigenvalue weighted by molar-refractivity contribution is 5.39. The molecule has 0 unspecified atom stereocenters. The zero-order valence-electron chi connectivity index (χ0n) is 12.6. The van der Waals surface area contributed by atoms with Gasteiger partial charge in [0.25, 0.3) is 5.69 Å². The number of aryl methyl sites for hydroxylation is 1. The van der Waals surface area contributed by atoms with Crippen molar-refractivity contribution < 1.29 is 4.92 Å². The number of para-hydroxylation sites is 1. The number of unbranched alkanes of at least 4 members (excludes halogenated alkanes) is 8. The van der Waals surface area contributed by atoms with Gasteiger partial charge >= 0.3 is 0 Å². The van der Waals surface area contributed by atoms with E-state index in [4.69, 9.17) is 0 Å². The first kappa shape index (κ1) is 16.7. The fraction of sp³-hybridized carbons (Fsp3) is 0.647. The van der Waals surface area contributed by atoms with Gasteiger partial charge in [-0.1, -0.05) is 76.5 Å². The minimum absolute atomic E-state index is 0.270. The van der Waals surface area contributed by atoms with Gasteiger partial charge in [-0.3, -0.25) is 10.1 Å². The molecule has 0 aliphatic heterocycles. The monoisotopic (exact) mass is 277 g/mol. The van der Waals surface area contributed by atoms with Crippen LogP contribution in [0.2, 0.25) is 0 Å². The molecular weight excluding hydrogens is 250 g/mol. The summed E-state index contributed by atoms with van der Waals surface area (Å²) in [7, 11) is 0. The molecule has 1 rings (SSSR count). The van der Waals surface area contributed by atoms with Crippen molar-refractivity contribution in [2.45, 2.75) is 71.1 Å². The predicted octanol–water partition coefficient (Wildman–Crippen LogP) is 5.67. The Kier molecular flexibility index (Phi) is 8.68. The topological polar surface area (TPSA) is 43.1 Å². The van der Waals surface area contributed by atoms with Crippen LogP contribution in [0.4, 0.5) is 5.69 Å². The highest BCUT2D eigenvalue weighted by Gasteiger charge is 2.11. The van der Waals surface area contributed by atoms with E-state index in [1.165, 1.54) is 51.4 Å². The van der Waals surface area contributed by atoms with Gasteiger partial charge in [0.05, 0.1) is 4.92 Å². The quantitative estimate of drug-likeness (QED) is 0.297. The zero-order valence-corrected chi connectivity index (χ0v) is 12.6. The van der Waals surface area contributed by atoms with E-state index in [1.807, 2.05) is 12.1 Å². The van der Waals surface area contributed by atoms with Crippen LogP contribution >= 0.6 is 0 Å². The molecule has 0 bridgehead atoms. The third kappa shape index (κ3) is 6.69. The van der Waals surface area contributed by atoms with Crippen molar-refractivity contribution in [3.05, 3.63) is 39.9 Å². The minimum atomic E-state index is -0.275. The average molecular weight is 277 g/mol. The number of hydrogen-bond donors (Lipinski definition) is 0. The third-order valence-corrected chi connectivity index (χ3v) is 3.74. The van der Waals surface area contributed by atoms with Crippen LogP contribution in [0.1, 0.15) is 70.3 Å². The summed E-state index contributed by atoms with van der Waals surface area (Å²) in [5.74, 6) is 0. The van der Waals surface area contributed by atoms with E-state index in [9.17, 15) is 10.1 Å². The van der Waals surface area contributed by atoms with Gasteiger partial charge in [0.15, 0.2) is 0 Å². The maximum Gasteiger partial charge on any atom is 0.272 e. The number of nitro benzene ring substituents is 1. The Bertz CT molecular complexity index is 390. The molecule has 0 N–H and O–H groups in total. The van der Waals surface area contributed by atoms with Crippen molar-refractivity contribution in [3.8, 4) is 0 Å². The van der Waals surface area contributed by atoms with Gasteiger partial charge in [-0.05, 0) is 12.8 Å². The van der Waals surface area contributed by atoms with E-state index < -0.39 is 0 Å². The summed E-state index contributed by atoms with van der Waals surface area (Å²) in [6.07, 6.45) is 12.4. The normalized spacial score (nSPS) is 10.7. The molecule has 1 aromatic rings. The molecule has 0 radical (unpaired) electrons. The second kappa shape index (κ2) is 10.4. The predicted molar refractivity (Wildman–Crippen MR) is 84.0 cm³/mol. The molecule has 0 saturated carbocycles. The van der Waals surface area contributed by atoms with E-state index in [0.717, 1.165) is 18.4 Å². The largest absolute Gasteiger partial charge is 0.272 e. The maximum atomic E-state index is 10.9. The van der Waals surface area contributed by atoms with Gasteiger partial charge in [-0.2, -0.15) is 0 Å². The van der Waals surface area contributed by atoms with E-state index >= 15 is 0 Å². The molecule has 112 valence electrons. The van der Waals surface area contributed by atoms with E-state index in [1.54, 1.807) is 12.1 Å². The van der Waals surface area contributed by atoms with Crippen molar-refractivity contribution in [3.63, 3.8) is 0 Å². The molecule has 0 aromatic heterocycles. The van der Waals surface area contributed by atoms with Gasteiger partial charge in [0, 0.05) is 11.6 Å². The van der Waals surface area contributed by atoms with Crippen LogP contribution in [0.15, 0.2) is 24.3 Å². The molecule has 0 heterocycles. The van der Waals surface area contributed by atoms with Crippen molar-refractivity contribution in [2.24, 2.45) is 0 Å². The van der Waals surface area contributed by atoms with Crippen LogP contribution < -0.4 is 0 Å². The lowest BCUT2D eigenvalue weighted by molar-refractivity contribution is -0.385. The summed E-state index contributed by atoms with van der Waals surface area (Å²) >= 11 is 0. The Labute approximate surface area is 122 Å². The fourth-order valence-corrected chi connectivity index (χ4v) is 2.53. The maximum absolute atomic E-state index is 10.9. The van der Waals surface area contributed by atoms with E-state index in [2.05, 4.69) is 6.92 Å². The summed E-state index contributed by atoms with van der Waals surface area (Å²) in [5.41, 5.74) is 1.15. The molecule has 0 aliphatic rings. The molecule has 3 heteroatoms. The number of nitro groups is 1. The summed E-state index contributed by atoms with van der Waals surface area (Å²) in [4.78, 5) is 10.6. The molecule has 0 fully saturated rings. The molecule has 20 heavy (non-hydrogen) atoms. The van der Waals surface area contributed by atoms with Crippen LogP contribution in [-0.4, -0.2) is 4.92 Å². The van der Waals surface area contributed by atoms with Gasteiger partial charge in [-0.25, -0.2) is 0 Å². The molecular formula is C17H27NO2. The lowest BCUT2D eigenvalue weighted by Gasteiger charge is -2.03. The second-order valence-corrected chi connectivity index (χ2v) is 5.46. The lowest BCUT2D eigenvalue weighted by atomic mass is 10.0. The van der Waals surface area contributed by atoms with Crippen LogP contribution in [0.25, 0.3) is 0 Å². The van der Waals surface area contributed by atoms with Crippen LogP contribution in [0, 0.1) is 10.1 Å². The SMILES string of the molecule is CCCCCCCCCCCc1ccccc1[N+](=O)[O-]. The summed E-state index contributed by atoms with van der Waals surface area (Å²) in [6.45, 7) is 2.24. The first-order valence-electron chi connectivity index (χ1n) is 7.98. The summed E-state index contributed by atoms with van der Waals surface area (Å²) in [6, 6.07) is 7.10. The van der Waals surface area contributed by atoms with Gasteiger partial charge < -0.3 is 0 Å². The van der Waals surface area contributed by atoms with Crippen molar-refractivity contribution >= 4 is 5.69 Å². The average Bonchev–Trinajstić information content (AvgIpc) is 2.46. The van der Waals surface area contributed by atoms with Gasteiger partial charge in [0.1, 0.15) is 0 Å². The number of nitrogens with zero attached hydrogens (tertiary/aromatic N) is 1. The molecule has 3 nitrogen and oxygen atoms in total. The van der Waals surface area contributed by atoms with Gasteiger partial charge in [0.2, 0.25) is 0 Å². The summed E-state index contributed by atoms with van der Waals surface area (Å²) < 4.78 is 0. The molecule has 0 saturated heterocycles. The molecule has 0 spiro atoms. The highest BCUT2D eigenvalue weighted by atomic mass is 16.6. The minimum Gasteiger partial charge on any atom is -0.258 e. The number of benzene rings is 1. The number of hydrogen-bond acceptors (Lipinski definition) is 2.